The number of amides is 2. The lowest BCUT2D eigenvalue weighted by Crippen LogP contribution is -2.39. The second kappa shape index (κ2) is 9.36. The third-order valence-electron chi connectivity index (χ3n) is 5.02. The van der Waals surface area contributed by atoms with E-state index in [0.29, 0.717) is 18.1 Å². The van der Waals surface area contributed by atoms with E-state index < -0.39 is 5.41 Å². The lowest BCUT2D eigenvalue weighted by molar-refractivity contribution is -0.126. The van der Waals surface area contributed by atoms with E-state index in [9.17, 15) is 14.0 Å². The molecule has 1 aromatic carbocycles. The Hall–Kier alpha value is -1.62. The number of nitrogens with one attached hydrogen (secondary N) is 2. The summed E-state index contributed by atoms with van der Waals surface area (Å²) in [5, 5.41) is 6.09. The van der Waals surface area contributed by atoms with Crippen molar-refractivity contribution in [1.29, 1.82) is 0 Å². The zero-order valence-corrected chi connectivity index (χ0v) is 16.3. The van der Waals surface area contributed by atoms with Gasteiger partial charge in [-0.05, 0) is 30.5 Å². The molecule has 0 heterocycles. The van der Waals surface area contributed by atoms with E-state index in [-0.39, 0.29) is 30.0 Å². The van der Waals surface area contributed by atoms with E-state index in [4.69, 9.17) is 11.6 Å². The van der Waals surface area contributed by atoms with Crippen molar-refractivity contribution in [1.82, 2.24) is 10.6 Å². The third-order valence-corrected chi connectivity index (χ3v) is 5.33. The van der Waals surface area contributed by atoms with Gasteiger partial charge in [-0.2, -0.15) is 0 Å². The number of rotatable bonds is 7. The molecule has 2 amide bonds. The second-order valence-electron chi connectivity index (χ2n) is 7.66. The topological polar surface area (TPSA) is 58.2 Å². The normalized spacial score (nSPS) is 15.5. The molecule has 2 rings (SSSR count). The van der Waals surface area contributed by atoms with Crippen LogP contribution in [0, 0.1) is 11.7 Å². The van der Waals surface area contributed by atoms with E-state index in [0.717, 1.165) is 31.2 Å². The van der Waals surface area contributed by atoms with Crippen molar-refractivity contribution >= 4 is 23.4 Å². The first-order chi connectivity index (χ1) is 12.3. The monoisotopic (exact) mass is 382 g/mol. The van der Waals surface area contributed by atoms with Crippen molar-refractivity contribution in [2.24, 2.45) is 5.92 Å². The average Bonchev–Trinajstić information content (AvgIpc) is 2.60. The van der Waals surface area contributed by atoms with Crippen LogP contribution in [-0.4, -0.2) is 24.9 Å². The zero-order chi connectivity index (χ0) is 19.2. The summed E-state index contributed by atoms with van der Waals surface area (Å²) in [6, 6.07) is 4.29. The Morgan fingerprint density at radius 3 is 2.54 bits per heavy atom. The Bertz CT molecular complexity index is 643. The molecule has 2 N–H and O–H groups in total. The summed E-state index contributed by atoms with van der Waals surface area (Å²) >= 11 is 6.12. The lowest BCUT2D eigenvalue weighted by Gasteiger charge is -2.27. The van der Waals surface area contributed by atoms with Crippen LogP contribution in [0.15, 0.2) is 18.2 Å². The van der Waals surface area contributed by atoms with Crippen molar-refractivity contribution < 1.29 is 14.0 Å². The van der Waals surface area contributed by atoms with Gasteiger partial charge in [-0.3, -0.25) is 9.59 Å². The van der Waals surface area contributed by atoms with Crippen molar-refractivity contribution in [2.75, 3.05) is 13.1 Å². The molecule has 1 aliphatic rings. The maximum absolute atomic E-state index is 13.2. The van der Waals surface area contributed by atoms with Gasteiger partial charge in [-0.25, -0.2) is 4.39 Å². The first kappa shape index (κ1) is 20.7. The molecule has 0 saturated heterocycles. The summed E-state index contributed by atoms with van der Waals surface area (Å²) in [7, 11) is 0. The third kappa shape index (κ3) is 5.97. The molecule has 0 bridgehead atoms. The lowest BCUT2D eigenvalue weighted by atomic mass is 9.84. The smallest absolute Gasteiger partial charge is 0.223 e. The number of hydrogen-bond donors (Lipinski definition) is 2. The number of carbonyl (C=O) groups is 2. The highest BCUT2D eigenvalue weighted by atomic mass is 35.5. The summed E-state index contributed by atoms with van der Waals surface area (Å²) in [6.07, 6.45) is 5.57. The number of hydrogen-bond acceptors (Lipinski definition) is 2. The molecule has 0 spiro atoms. The van der Waals surface area contributed by atoms with Gasteiger partial charge in [-0.1, -0.05) is 50.8 Å². The number of carbonyl (C=O) groups excluding carboxylic acids is 2. The van der Waals surface area contributed by atoms with Crippen LogP contribution in [0.1, 0.15) is 57.9 Å². The Morgan fingerprint density at radius 2 is 1.88 bits per heavy atom. The van der Waals surface area contributed by atoms with Crippen molar-refractivity contribution in [2.45, 2.75) is 57.8 Å². The summed E-state index contributed by atoms with van der Waals surface area (Å²) < 4.78 is 13.2. The van der Waals surface area contributed by atoms with Gasteiger partial charge in [0.2, 0.25) is 11.8 Å². The van der Waals surface area contributed by atoms with Gasteiger partial charge >= 0.3 is 0 Å². The molecule has 4 nitrogen and oxygen atoms in total. The van der Waals surface area contributed by atoms with Crippen LogP contribution in [0.25, 0.3) is 0 Å². The van der Waals surface area contributed by atoms with Gasteiger partial charge in [0, 0.05) is 35.9 Å². The first-order valence-corrected chi connectivity index (χ1v) is 9.67. The molecular formula is C20H28ClFN2O2. The zero-order valence-electron chi connectivity index (χ0n) is 15.5. The van der Waals surface area contributed by atoms with Gasteiger partial charge in [0.1, 0.15) is 5.82 Å². The molecule has 144 valence electrons. The number of halogens is 2. The van der Waals surface area contributed by atoms with Crippen LogP contribution in [0.5, 0.6) is 0 Å². The van der Waals surface area contributed by atoms with Gasteiger partial charge in [-0.15, -0.1) is 0 Å². The van der Waals surface area contributed by atoms with Crippen LogP contribution in [-0.2, 0) is 15.0 Å². The minimum atomic E-state index is -0.425. The van der Waals surface area contributed by atoms with Crippen molar-refractivity contribution in [3.8, 4) is 0 Å². The molecule has 0 atom stereocenters. The first-order valence-electron chi connectivity index (χ1n) is 9.29. The predicted octanol–water partition coefficient (Wildman–Crippen LogP) is 3.96. The van der Waals surface area contributed by atoms with E-state index in [1.54, 1.807) is 6.07 Å². The summed E-state index contributed by atoms with van der Waals surface area (Å²) in [5.41, 5.74) is 0.359. The van der Waals surface area contributed by atoms with Crippen LogP contribution >= 0.6 is 11.6 Å². The van der Waals surface area contributed by atoms with Gasteiger partial charge in [0.05, 0.1) is 0 Å². The molecule has 0 unspecified atom stereocenters. The highest BCUT2D eigenvalue weighted by Gasteiger charge is 2.24. The molecule has 0 aliphatic heterocycles. The molecule has 0 aromatic heterocycles. The minimum absolute atomic E-state index is 0.0657. The van der Waals surface area contributed by atoms with E-state index in [1.165, 1.54) is 18.6 Å². The largest absolute Gasteiger partial charge is 0.355 e. The van der Waals surface area contributed by atoms with Crippen LogP contribution < -0.4 is 10.6 Å². The molecule has 26 heavy (non-hydrogen) atoms. The highest BCUT2D eigenvalue weighted by molar-refractivity contribution is 6.31. The summed E-state index contributed by atoms with van der Waals surface area (Å²) in [6.45, 7) is 4.61. The predicted molar refractivity (Wildman–Crippen MR) is 102 cm³/mol. The van der Waals surface area contributed by atoms with E-state index >= 15 is 0 Å². The molecule has 1 aliphatic carbocycles. The molecule has 1 aromatic rings. The van der Waals surface area contributed by atoms with Crippen LogP contribution in [0.4, 0.5) is 4.39 Å². The fourth-order valence-electron chi connectivity index (χ4n) is 3.35. The van der Waals surface area contributed by atoms with Gasteiger partial charge in [0.15, 0.2) is 0 Å². The van der Waals surface area contributed by atoms with Crippen LogP contribution in [0.2, 0.25) is 5.02 Å². The summed E-state index contributed by atoms with van der Waals surface area (Å²) in [5.74, 6) is -0.338. The van der Waals surface area contributed by atoms with Gasteiger partial charge < -0.3 is 10.6 Å². The molecule has 6 heteroatoms. The standard InChI is InChI=1S/C20H28ClFN2O2/c1-20(2,16-9-8-15(22)12-17(16)21)13-24-18(25)10-11-23-19(26)14-6-4-3-5-7-14/h8-9,12,14H,3-7,10-11,13H2,1-2H3,(H,23,26)(H,24,25). The van der Waals surface area contributed by atoms with Crippen molar-refractivity contribution in [3.05, 3.63) is 34.6 Å². The van der Waals surface area contributed by atoms with Crippen LogP contribution in [0.3, 0.4) is 0 Å². The SMILES string of the molecule is CC(C)(CNC(=O)CCNC(=O)C1CCCCC1)c1ccc(F)cc1Cl. The maximum Gasteiger partial charge on any atom is 0.223 e. The minimum Gasteiger partial charge on any atom is -0.355 e. The quantitative estimate of drug-likeness (QED) is 0.749. The van der Waals surface area contributed by atoms with E-state index in [2.05, 4.69) is 10.6 Å². The molecule has 1 saturated carbocycles. The Balaban J connectivity index is 1.74. The number of benzene rings is 1. The Morgan fingerprint density at radius 1 is 1.19 bits per heavy atom. The average molecular weight is 383 g/mol. The highest BCUT2D eigenvalue weighted by Crippen LogP contribution is 2.30. The maximum atomic E-state index is 13.2. The fraction of sp³-hybridized carbons (Fsp3) is 0.600. The van der Waals surface area contributed by atoms with Crippen molar-refractivity contribution in [3.63, 3.8) is 0 Å². The molecule has 1 fully saturated rings. The molecular weight excluding hydrogens is 355 g/mol. The van der Waals surface area contributed by atoms with Gasteiger partial charge in [0.25, 0.3) is 0 Å². The summed E-state index contributed by atoms with van der Waals surface area (Å²) in [4.78, 5) is 24.1. The fourth-order valence-corrected chi connectivity index (χ4v) is 3.77. The second-order valence-corrected chi connectivity index (χ2v) is 8.07. The Kier molecular flexibility index (Phi) is 7.44. The Labute approximate surface area is 159 Å². The molecule has 0 radical (unpaired) electrons. The van der Waals surface area contributed by atoms with E-state index in [1.807, 2.05) is 13.8 Å².